The third-order valence-electron chi connectivity index (χ3n) is 4.55. The predicted molar refractivity (Wildman–Crippen MR) is 73.5 cm³/mol. The van der Waals surface area contributed by atoms with Crippen LogP contribution in [-0.4, -0.2) is 49.1 Å². The van der Waals surface area contributed by atoms with Crippen molar-refractivity contribution in [2.45, 2.75) is 63.6 Å². The lowest BCUT2D eigenvalue weighted by Crippen LogP contribution is -2.50. The quantitative estimate of drug-likeness (QED) is 0.789. The normalized spacial score (nSPS) is 27.4. The highest BCUT2D eigenvalue weighted by atomic mass is 16.2. The van der Waals surface area contributed by atoms with E-state index in [4.69, 9.17) is 0 Å². The Hall–Kier alpha value is -0.610. The van der Waals surface area contributed by atoms with Crippen LogP contribution in [0.4, 0.5) is 0 Å². The SMILES string of the molecule is CC(C(=O)NC1CCCCC1)N(C)C1CCNC1. The summed E-state index contributed by atoms with van der Waals surface area (Å²) < 4.78 is 0. The molecule has 4 nitrogen and oxygen atoms in total. The first-order chi connectivity index (χ1) is 8.68. The van der Waals surface area contributed by atoms with Crippen LogP contribution >= 0.6 is 0 Å². The number of nitrogens with one attached hydrogen (secondary N) is 2. The second kappa shape index (κ2) is 6.53. The summed E-state index contributed by atoms with van der Waals surface area (Å²) in [6.07, 6.45) is 7.33. The summed E-state index contributed by atoms with van der Waals surface area (Å²) in [4.78, 5) is 14.5. The van der Waals surface area contributed by atoms with E-state index >= 15 is 0 Å². The molecular formula is C14H27N3O. The fraction of sp³-hybridized carbons (Fsp3) is 0.929. The molecule has 0 bridgehead atoms. The van der Waals surface area contributed by atoms with Crippen molar-refractivity contribution in [3.63, 3.8) is 0 Å². The van der Waals surface area contributed by atoms with Crippen molar-refractivity contribution in [2.75, 3.05) is 20.1 Å². The molecule has 18 heavy (non-hydrogen) atoms. The molecule has 2 aliphatic rings. The predicted octanol–water partition coefficient (Wildman–Crippen LogP) is 1.12. The molecule has 1 aliphatic carbocycles. The lowest BCUT2D eigenvalue weighted by molar-refractivity contribution is -0.127. The van der Waals surface area contributed by atoms with Gasteiger partial charge in [-0.1, -0.05) is 19.3 Å². The molecule has 0 aromatic heterocycles. The fourth-order valence-electron chi connectivity index (χ4n) is 3.06. The molecule has 4 heteroatoms. The summed E-state index contributed by atoms with van der Waals surface area (Å²) in [6.45, 7) is 4.11. The summed E-state index contributed by atoms with van der Waals surface area (Å²) in [7, 11) is 2.07. The van der Waals surface area contributed by atoms with Gasteiger partial charge in [0.15, 0.2) is 0 Å². The summed E-state index contributed by atoms with van der Waals surface area (Å²) in [5, 5.41) is 6.58. The van der Waals surface area contributed by atoms with Crippen LogP contribution in [0.2, 0.25) is 0 Å². The molecule has 0 radical (unpaired) electrons. The fourth-order valence-corrected chi connectivity index (χ4v) is 3.06. The van der Waals surface area contributed by atoms with E-state index in [1.165, 1.54) is 19.3 Å². The van der Waals surface area contributed by atoms with Gasteiger partial charge in [-0.3, -0.25) is 9.69 Å². The van der Waals surface area contributed by atoms with E-state index in [0.29, 0.717) is 12.1 Å². The minimum atomic E-state index is -0.0168. The Bertz CT molecular complexity index is 270. The third-order valence-corrected chi connectivity index (χ3v) is 4.55. The first-order valence-corrected chi connectivity index (χ1v) is 7.41. The Morgan fingerprint density at radius 3 is 2.61 bits per heavy atom. The molecule has 1 amide bonds. The summed E-state index contributed by atoms with van der Waals surface area (Å²) in [5.41, 5.74) is 0. The highest BCUT2D eigenvalue weighted by molar-refractivity contribution is 5.81. The van der Waals surface area contributed by atoms with Crippen LogP contribution in [0.15, 0.2) is 0 Å². The van der Waals surface area contributed by atoms with Gasteiger partial charge in [-0.25, -0.2) is 0 Å². The van der Waals surface area contributed by atoms with Gasteiger partial charge >= 0.3 is 0 Å². The highest BCUT2D eigenvalue weighted by Gasteiger charge is 2.28. The van der Waals surface area contributed by atoms with Gasteiger partial charge in [0.1, 0.15) is 0 Å². The molecule has 2 unspecified atom stereocenters. The summed E-state index contributed by atoms with van der Waals surface area (Å²) in [6, 6.07) is 0.915. The van der Waals surface area contributed by atoms with Gasteiger partial charge in [-0.15, -0.1) is 0 Å². The highest BCUT2D eigenvalue weighted by Crippen LogP contribution is 2.18. The van der Waals surface area contributed by atoms with Gasteiger partial charge in [0, 0.05) is 18.6 Å². The maximum atomic E-state index is 12.2. The molecule has 1 saturated heterocycles. The van der Waals surface area contributed by atoms with Crippen molar-refractivity contribution in [3.05, 3.63) is 0 Å². The maximum absolute atomic E-state index is 12.2. The molecule has 2 atom stereocenters. The van der Waals surface area contributed by atoms with Crippen molar-refractivity contribution in [1.29, 1.82) is 0 Å². The van der Waals surface area contributed by atoms with E-state index in [2.05, 4.69) is 22.6 Å². The molecule has 1 heterocycles. The lowest BCUT2D eigenvalue weighted by atomic mass is 9.95. The second-order valence-electron chi connectivity index (χ2n) is 5.83. The van der Waals surface area contributed by atoms with E-state index in [1.807, 2.05) is 6.92 Å². The molecule has 2 fully saturated rings. The molecule has 104 valence electrons. The number of likely N-dealkylation sites (N-methyl/N-ethyl adjacent to an activating group) is 1. The molecule has 2 rings (SSSR count). The molecule has 0 aromatic rings. The van der Waals surface area contributed by atoms with Gasteiger partial charge in [0.25, 0.3) is 0 Å². The number of hydrogen-bond donors (Lipinski definition) is 2. The van der Waals surface area contributed by atoms with Crippen LogP contribution in [-0.2, 0) is 4.79 Å². The molecule has 0 aromatic carbocycles. The molecule has 1 aliphatic heterocycles. The smallest absolute Gasteiger partial charge is 0.237 e. The number of carbonyl (C=O) groups is 1. The topological polar surface area (TPSA) is 44.4 Å². The number of rotatable bonds is 4. The summed E-state index contributed by atoms with van der Waals surface area (Å²) >= 11 is 0. The summed E-state index contributed by atoms with van der Waals surface area (Å²) in [5.74, 6) is 0.205. The number of carbonyl (C=O) groups excluding carboxylic acids is 1. The number of nitrogens with zero attached hydrogens (tertiary/aromatic N) is 1. The van der Waals surface area contributed by atoms with Crippen LogP contribution in [0.1, 0.15) is 45.4 Å². The standard InChI is InChI=1S/C14H27N3O/c1-11(17(2)13-8-9-15-10-13)14(18)16-12-6-4-3-5-7-12/h11-13,15H,3-10H2,1-2H3,(H,16,18). The zero-order chi connectivity index (χ0) is 13.0. The molecular weight excluding hydrogens is 226 g/mol. The van der Waals surface area contributed by atoms with Crippen LogP contribution < -0.4 is 10.6 Å². The van der Waals surface area contributed by atoms with Crippen molar-refractivity contribution in [3.8, 4) is 0 Å². The lowest BCUT2D eigenvalue weighted by Gasteiger charge is -2.31. The van der Waals surface area contributed by atoms with E-state index in [9.17, 15) is 4.79 Å². The van der Waals surface area contributed by atoms with Crippen LogP contribution in [0.3, 0.4) is 0 Å². The maximum Gasteiger partial charge on any atom is 0.237 e. The van der Waals surface area contributed by atoms with Gasteiger partial charge in [0.2, 0.25) is 5.91 Å². The largest absolute Gasteiger partial charge is 0.352 e. The molecule has 1 saturated carbocycles. The first kappa shape index (κ1) is 13.8. The minimum Gasteiger partial charge on any atom is -0.352 e. The first-order valence-electron chi connectivity index (χ1n) is 7.41. The van der Waals surface area contributed by atoms with Crippen molar-refractivity contribution >= 4 is 5.91 Å². The molecule has 2 N–H and O–H groups in total. The Morgan fingerprint density at radius 2 is 2.00 bits per heavy atom. The Labute approximate surface area is 110 Å². The van der Waals surface area contributed by atoms with E-state index in [1.54, 1.807) is 0 Å². The zero-order valence-corrected chi connectivity index (χ0v) is 11.7. The van der Waals surface area contributed by atoms with Crippen molar-refractivity contribution in [2.24, 2.45) is 0 Å². The van der Waals surface area contributed by atoms with E-state index in [0.717, 1.165) is 32.4 Å². The Kier molecular flexibility index (Phi) is 5.01. The monoisotopic (exact) mass is 253 g/mol. The van der Waals surface area contributed by atoms with Crippen LogP contribution in [0, 0.1) is 0 Å². The average molecular weight is 253 g/mol. The number of amides is 1. The zero-order valence-electron chi connectivity index (χ0n) is 11.7. The van der Waals surface area contributed by atoms with Crippen LogP contribution in [0.25, 0.3) is 0 Å². The third kappa shape index (κ3) is 3.45. The van der Waals surface area contributed by atoms with Crippen LogP contribution in [0.5, 0.6) is 0 Å². The van der Waals surface area contributed by atoms with Gasteiger partial charge in [-0.2, -0.15) is 0 Å². The number of hydrogen-bond acceptors (Lipinski definition) is 3. The van der Waals surface area contributed by atoms with Gasteiger partial charge < -0.3 is 10.6 Å². The Morgan fingerprint density at radius 1 is 1.28 bits per heavy atom. The van der Waals surface area contributed by atoms with Gasteiger partial charge in [-0.05, 0) is 39.8 Å². The van der Waals surface area contributed by atoms with Crippen molar-refractivity contribution in [1.82, 2.24) is 15.5 Å². The van der Waals surface area contributed by atoms with E-state index in [-0.39, 0.29) is 11.9 Å². The second-order valence-corrected chi connectivity index (χ2v) is 5.83. The minimum absolute atomic E-state index is 0.0168. The molecule has 0 spiro atoms. The van der Waals surface area contributed by atoms with E-state index < -0.39 is 0 Å². The van der Waals surface area contributed by atoms with Crippen molar-refractivity contribution < 1.29 is 4.79 Å². The van der Waals surface area contributed by atoms with Gasteiger partial charge in [0.05, 0.1) is 6.04 Å². The average Bonchev–Trinajstić information content (AvgIpc) is 2.92. The Balaban J connectivity index is 1.79.